The van der Waals surface area contributed by atoms with Crippen LogP contribution in [0.1, 0.15) is 50.8 Å². The monoisotopic (exact) mass is 381 g/mol. The number of fused-ring (bicyclic) bond motifs is 3. The van der Waals surface area contributed by atoms with Crippen molar-refractivity contribution in [2.45, 2.75) is 51.4 Å². The van der Waals surface area contributed by atoms with Crippen molar-refractivity contribution >= 4 is 32.8 Å². The number of aryl methyl sites for hydroxylation is 1. The van der Waals surface area contributed by atoms with Crippen LogP contribution in [0.3, 0.4) is 0 Å². The van der Waals surface area contributed by atoms with Crippen LogP contribution in [-0.4, -0.2) is 17.6 Å². The Balaban J connectivity index is 2.19. The molecule has 23 heavy (non-hydrogen) atoms. The lowest BCUT2D eigenvalue weighted by atomic mass is 9.80. The molecule has 2 aromatic rings. The summed E-state index contributed by atoms with van der Waals surface area (Å²) in [6.45, 7) is 4.29. The third-order valence-corrected chi connectivity index (χ3v) is 5.52. The maximum absolute atomic E-state index is 14.2. The van der Waals surface area contributed by atoms with Crippen LogP contribution in [-0.2, 0) is 21.4 Å². The standard InChI is InChI=1S/C18H21BrFNO2/c1-3-5-9-18(17(22)23-4-2)10-8-11-14-12(19)6-7-13(20)15(14)21-16(11)18/h6-7,21H,3-5,8-10H2,1-2H3. The molecule has 0 fully saturated rings. The van der Waals surface area contributed by atoms with Crippen molar-refractivity contribution < 1.29 is 13.9 Å². The van der Waals surface area contributed by atoms with E-state index in [-0.39, 0.29) is 11.8 Å². The summed E-state index contributed by atoms with van der Waals surface area (Å²) in [6, 6.07) is 3.17. The molecule has 0 saturated heterocycles. The Kier molecular flexibility index (Phi) is 4.50. The third-order valence-electron chi connectivity index (χ3n) is 4.86. The minimum atomic E-state index is -0.660. The molecule has 1 aromatic carbocycles. The van der Waals surface area contributed by atoms with E-state index in [0.29, 0.717) is 12.1 Å². The number of H-pyrrole nitrogens is 1. The van der Waals surface area contributed by atoms with Crippen molar-refractivity contribution in [3.63, 3.8) is 0 Å². The zero-order valence-electron chi connectivity index (χ0n) is 13.5. The highest BCUT2D eigenvalue weighted by Gasteiger charge is 2.48. The molecule has 1 aliphatic rings. The number of unbranched alkanes of at least 4 members (excludes halogenated alkanes) is 1. The summed E-state index contributed by atoms with van der Waals surface area (Å²) in [6.07, 6.45) is 4.18. The van der Waals surface area contributed by atoms with E-state index in [0.717, 1.165) is 53.2 Å². The molecule has 0 aliphatic heterocycles. The lowest BCUT2D eigenvalue weighted by Gasteiger charge is -2.27. The number of benzene rings is 1. The van der Waals surface area contributed by atoms with Crippen molar-refractivity contribution in [1.82, 2.24) is 4.98 Å². The van der Waals surface area contributed by atoms with Gasteiger partial charge >= 0.3 is 5.97 Å². The summed E-state index contributed by atoms with van der Waals surface area (Å²) >= 11 is 3.52. The molecule has 1 aliphatic carbocycles. The van der Waals surface area contributed by atoms with Gasteiger partial charge in [-0.3, -0.25) is 4.79 Å². The minimum Gasteiger partial charge on any atom is -0.465 e. The zero-order valence-corrected chi connectivity index (χ0v) is 15.1. The second kappa shape index (κ2) is 6.27. The molecule has 0 amide bonds. The van der Waals surface area contributed by atoms with Gasteiger partial charge in [-0.15, -0.1) is 0 Å². The largest absolute Gasteiger partial charge is 0.465 e. The first-order valence-corrected chi connectivity index (χ1v) is 9.00. The van der Waals surface area contributed by atoms with E-state index in [2.05, 4.69) is 27.8 Å². The van der Waals surface area contributed by atoms with E-state index in [4.69, 9.17) is 4.74 Å². The Morgan fingerprint density at radius 1 is 1.43 bits per heavy atom. The summed E-state index contributed by atoms with van der Waals surface area (Å²) in [4.78, 5) is 16.0. The second-order valence-electron chi connectivity index (χ2n) is 6.16. The Hall–Kier alpha value is -1.36. The second-order valence-corrected chi connectivity index (χ2v) is 7.02. The van der Waals surface area contributed by atoms with Gasteiger partial charge in [0.25, 0.3) is 0 Å². The molecule has 1 aromatic heterocycles. The molecule has 1 atom stereocenters. The number of carbonyl (C=O) groups is 1. The van der Waals surface area contributed by atoms with Gasteiger partial charge in [0.05, 0.1) is 12.1 Å². The van der Waals surface area contributed by atoms with Crippen LogP contribution >= 0.6 is 15.9 Å². The number of nitrogens with one attached hydrogen (secondary N) is 1. The van der Waals surface area contributed by atoms with Crippen LogP contribution in [0, 0.1) is 5.82 Å². The molecule has 3 rings (SSSR count). The maximum atomic E-state index is 14.2. The van der Waals surface area contributed by atoms with Crippen LogP contribution in [0.5, 0.6) is 0 Å². The van der Waals surface area contributed by atoms with E-state index < -0.39 is 5.41 Å². The number of aromatic nitrogens is 1. The van der Waals surface area contributed by atoms with Gasteiger partial charge in [-0.25, -0.2) is 4.39 Å². The summed E-state index contributed by atoms with van der Waals surface area (Å²) < 4.78 is 20.4. The van der Waals surface area contributed by atoms with Crippen LogP contribution in [0.4, 0.5) is 4.39 Å². The van der Waals surface area contributed by atoms with E-state index in [9.17, 15) is 9.18 Å². The number of ether oxygens (including phenoxy) is 1. The average Bonchev–Trinajstić information content (AvgIpc) is 3.08. The van der Waals surface area contributed by atoms with E-state index in [1.807, 2.05) is 6.92 Å². The first-order valence-electron chi connectivity index (χ1n) is 8.21. The summed E-state index contributed by atoms with van der Waals surface area (Å²) in [5.74, 6) is -0.471. The number of esters is 1. The molecule has 0 spiro atoms. The molecular formula is C18H21BrFNO2. The summed E-state index contributed by atoms with van der Waals surface area (Å²) in [7, 11) is 0. The first-order chi connectivity index (χ1) is 11.0. The number of hydrogen-bond donors (Lipinski definition) is 1. The quantitative estimate of drug-likeness (QED) is 0.739. The van der Waals surface area contributed by atoms with E-state index >= 15 is 0 Å². The van der Waals surface area contributed by atoms with Crippen molar-refractivity contribution in [3.8, 4) is 0 Å². The normalized spacial score (nSPS) is 20.0. The fourth-order valence-electron chi connectivity index (χ4n) is 3.72. The number of carbonyl (C=O) groups excluding carboxylic acids is 1. The van der Waals surface area contributed by atoms with Crippen LogP contribution < -0.4 is 0 Å². The van der Waals surface area contributed by atoms with Gasteiger partial charge in [0.1, 0.15) is 11.2 Å². The zero-order chi connectivity index (χ0) is 16.6. The Morgan fingerprint density at radius 3 is 2.91 bits per heavy atom. The molecule has 1 unspecified atom stereocenters. The topological polar surface area (TPSA) is 42.1 Å². The minimum absolute atomic E-state index is 0.185. The SMILES string of the molecule is CCCCC1(C(=O)OCC)CCc2c1[nH]c1c(F)ccc(Br)c21. The molecule has 0 bridgehead atoms. The fraction of sp³-hybridized carbons (Fsp3) is 0.500. The van der Waals surface area contributed by atoms with Crippen molar-refractivity contribution in [3.05, 3.63) is 33.7 Å². The summed E-state index contributed by atoms with van der Waals surface area (Å²) in [5.41, 5.74) is 1.72. The Morgan fingerprint density at radius 2 is 2.22 bits per heavy atom. The highest BCUT2D eigenvalue weighted by molar-refractivity contribution is 9.10. The third kappa shape index (κ3) is 2.49. The molecule has 1 N–H and O–H groups in total. The van der Waals surface area contributed by atoms with Crippen LogP contribution in [0.2, 0.25) is 0 Å². The van der Waals surface area contributed by atoms with Crippen molar-refractivity contribution in [2.75, 3.05) is 6.61 Å². The number of aromatic amines is 1. The molecular weight excluding hydrogens is 361 g/mol. The smallest absolute Gasteiger partial charge is 0.318 e. The molecule has 3 nitrogen and oxygen atoms in total. The Bertz CT molecular complexity index is 755. The number of hydrogen-bond acceptors (Lipinski definition) is 2. The first kappa shape index (κ1) is 16.5. The highest BCUT2D eigenvalue weighted by atomic mass is 79.9. The van der Waals surface area contributed by atoms with E-state index in [1.165, 1.54) is 6.07 Å². The Labute approximate surface area is 143 Å². The lowest BCUT2D eigenvalue weighted by Crippen LogP contribution is -2.36. The van der Waals surface area contributed by atoms with E-state index in [1.54, 1.807) is 6.07 Å². The highest BCUT2D eigenvalue weighted by Crippen LogP contribution is 2.47. The molecule has 1 heterocycles. The average molecular weight is 382 g/mol. The molecule has 5 heteroatoms. The lowest BCUT2D eigenvalue weighted by molar-refractivity contribution is -0.150. The molecule has 124 valence electrons. The molecule has 0 saturated carbocycles. The van der Waals surface area contributed by atoms with Gasteiger partial charge in [0.2, 0.25) is 0 Å². The van der Waals surface area contributed by atoms with Gasteiger partial charge < -0.3 is 9.72 Å². The molecule has 0 radical (unpaired) electrons. The van der Waals surface area contributed by atoms with Gasteiger partial charge in [-0.2, -0.15) is 0 Å². The number of rotatable bonds is 5. The fourth-order valence-corrected chi connectivity index (χ4v) is 4.29. The van der Waals surface area contributed by atoms with Gasteiger partial charge in [0.15, 0.2) is 0 Å². The van der Waals surface area contributed by atoms with Crippen LogP contribution in [0.15, 0.2) is 16.6 Å². The van der Waals surface area contributed by atoms with Gasteiger partial charge in [0, 0.05) is 15.6 Å². The predicted molar refractivity (Wildman–Crippen MR) is 92.1 cm³/mol. The van der Waals surface area contributed by atoms with Crippen LogP contribution in [0.25, 0.3) is 10.9 Å². The maximum Gasteiger partial charge on any atom is 0.318 e. The van der Waals surface area contributed by atoms with Gasteiger partial charge in [-0.1, -0.05) is 35.7 Å². The van der Waals surface area contributed by atoms with Crippen molar-refractivity contribution in [2.24, 2.45) is 0 Å². The number of halogens is 2. The predicted octanol–water partition coefficient (Wildman–Crippen LogP) is 5.01. The summed E-state index contributed by atoms with van der Waals surface area (Å²) in [5, 5.41) is 0.864. The van der Waals surface area contributed by atoms with Crippen molar-refractivity contribution in [1.29, 1.82) is 0 Å². The van der Waals surface area contributed by atoms with Gasteiger partial charge in [-0.05, 0) is 43.9 Å².